The van der Waals surface area contributed by atoms with Crippen molar-refractivity contribution < 1.29 is 15.0 Å². The van der Waals surface area contributed by atoms with Crippen molar-refractivity contribution in [2.75, 3.05) is 0 Å². The number of amides is 1. The minimum atomic E-state index is -1.18. The van der Waals surface area contributed by atoms with E-state index in [1.807, 2.05) is 29.9 Å². The number of primary amides is 1. The number of benzene rings is 1. The maximum absolute atomic E-state index is 10.7. The van der Waals surface area contributed by atoms with Crippen LogP contribution < -0.4 is 5.73 Å². The first-order valence-electron chi connectivity index (χ1n) is 5.68. The molecule has 0 bridgehead atoms. The molecule has 2 atom stereocenters. The van der Waals surface area contributed by atoms with Crippen LogP contribution in [0.5, 0.6) is 0 Å². The van der Waals surface area contributed by atoms with Crippen LogP contribution in [-0.4, -0.2) is 26.8 Å². The van der Waals surface area contributed by atoms with Gasteiger partial charge in [-0.05, 0) is 29.1 Å². The molecule has 1 heterocycles. The van der Waals surface area contributed by atoms with Gasteiger partial charge >= 0.3 is 0 Å². The fraction of sp³-hybridized carbons (Fsp3) is 0.308. The zero-order valence-electron chi connectivity index (χ0n) is 10.1. The molecule has 0 saturated carbocycles. The van der Waals surface area contributed by atoms with E-state index in [1.165, 1.54) is 0 Å². The van der Waals surface area contributed by atoms with Crippen LogP contribution in [0.3, 0.4) is 0 Å². The summed E-state index contributed by atoms with van der Waals surface area (Å²) in [6.07, 6.45) is -0.625. The number of aliphatic hydroxyl groups is 2. The number of aliphatic hydroxyl groups excluding tert-OH is 2. The number of nitrogens with two attached hydrogens (primary N) is 1. The van der Waals surface area contributed by atoms with Gasteiger partial charge in [-0.2, -0.15) is 0 Å². The maximum atomic E-state index is 10.7. The van der Waals surface area contributed by atoms with Gasteiger partial charge in [0.1, 0.15) is 6.10 Å². The van der Waals surface area contributed by atoms with E-state index in [9.17, 15) is 15.0 Å². The van der Waals surface area contributed by atoms with Crippen LogP contribution in [0.1, 0.15) is 18.1 Å². The molecule has 0 aliphatic heterocycles. The minimum Gasteiger partial charge on any atom is -0.390 e. The molecule has 1 aromatic carbocycles. The Bertz CT molecular complexity index is 577. The molecule has 96 valence electrons. The van der Waals surface area contributed by atoms with Gasteiger partial charge < -0.3 is 20.5 Å². The third kappa shape index (κ3) is 2.37. The van der Waals surface area contributed by atoms with E-state index in [2.05, 4.69) is 0 Å². The summed E-state index contributed by atoms with van der Waals surface area (Å²) in [6.45, 7) is 0. The summed E-state index contributed by atoms with van der Waals surface area (Å²) in [6, 6.07) is 7.32. The SMILES string of the molecule is Cn1ccc2cc(C(O)C(O)CC(N)=O)ccc21. The van der Waals surface area contributed by atoms with E-state index in [0.717, 1.165) is 10.9 Å². The smallest absolute Gasteiger partial charge is 0.220 e. The molecule has 18 heavy (non-hydrogen) atoms. The Morgan fingerprint density at radius 3 is 2.78 bits per heavy atom. The van der Waals surface area contributed by atoms with Crippen LogP contribution in [0.4, 0.5) is 0 Å². The van der Waals surface area contributed by atoms with Crippen molar-refractivity contribution in [3.05, 3.63) is 36.0 Å². The zero-order chi connectivity index (χ0) is 13.3. The first kappa shape index (κ1) is 12.6. The van der Waals surface area contributed by atoms with Crippen molar-refractivity contribution >= 4 is 16.8 Å². The Hall–Kier alpha value is -1.85. The quantitative estimate of drug-likeness (QED) is 0.734. The zero-order valence-corrected chi connectivity index (χ0v) is 10.1. The number of carbonyl (C=O) groups excluding carboxylic acids is 1. The Balaban J connectivity index is 2.27. The van der Waals surface area contributed by atoms with Gasteiger partial charge in [-0.1, -0.05) is 6.07 Å². The molecular formula is C13H16N2O3. The molecule has 5 heteroatoms. The second-order valence-electron chi connectivity index (χ2n) is 4.43. The van der Waals surface area contributed by atoms with E-state index in [4.69, 9.17) is 5.73 Å². The van der Waals surface area contributed by atoms with Gasteiger partial charge in [0.15, 0.2) is 0 Å². The molecule has 5 nitrogen and oxygen atoms in total. The van der Waals surface area contributed by atoms with Gasteiger partial charge in [0, 0.05) is 18.8 Å². The highest BCUT2D eigenvalue weighted by atomic mass is 16.3. The predicted octanol–water partition coefficient (Wildman–Crippen LogP) is 0.448. The van der Waals surface area contributed by atoms with Crippen LogP contribution in [0.2, 0.25) is 0 Å². The lowest BCUT2D eigenvalue weighted by Crippen LogP contribution is -2.25. The lowest BCUT2D eigenvalue weighted by atomic mass is 10.0. The van der Waals surface area contributed by atoms with E-state index in [1.54, 1.807) is 12.1 Å². The summed E-state index contributed by atoms with van der Waals surface area (Å²) < 4.78 is 1.96. The number of nitrogens with zero attached hydrogens (tertiary/aromatic N) is 1. The van der Waals surface area contributed by atoms with Gasteiger partial charge in [0.25, 0.3) is 0 Å². The Kier molecular flexibility index (Phi) is 3.36. The molecule has 0 aliphatic rings. The third-order valence-corrected chi connectivity index (χ3v) is 3.03. The van der Waals surface area contributed by atoms with E-state index in [0.29, 0.717) is 5.56 Å². The monoisotopic (exact) mass is 248 g/mol. The summed E-state index contributed by atoms with van der Waals surface area (Å²) in [5.74, 6) is -0.637. The van der Waals surface area contributed by atoms with Crippen molar-refractivity contribution in [3.8, 4) is 0 Å². The van der Waals surface area contributed by atoms with Gasteiger partial charge in [0.05, 0.1) is 12.5 Å². The molecule has 0 aliphatic carbocycles. The number of carbonyl (C=O) groups is 1. The number of aromatic nitrogens is 1. The summed E-state index contributed by atoms with van der Waals surface area (Å²) in [4.78, 5) is 10.7. The fourth-order valence-corrected chi connectivity index (χ4v) is 2.02. The van der Waals surface area contributed by atoms with Crippen LogP contribution in [0.15, 0.2) is 30.5 Å². The number of hydrogen-bond donors (Lipinski definition) is 3. The largest absolute Gasteiger partial charge is 0.390 e. The van der Waals surface area contributed by atoms with Crippen LogP contribution in [0, 0.1) is 0 Å². The topological polar surface area (TPSA) is 88.5 Å². The molecule has 4 N–H and O–H groups in total. The van der Waals surface area contributed by atoms with Gasteiger partial charge in [-0.15, -0.1) is 0 Å². The van der Waals surface area contributed by atoms with Crippen molar-refractivity contribution in [2.24, 2.45) is 12.8 Å². The van der Waals surface area contributed by atoms with Crippen LogP contribution >= 0.6 is 0 Å². The summed E-state index contributed by atoms with van der Waals surface area (Å²) >= 11 is 0. The highest BCUT2D eigenvalue weighted by Crippen LogP contribution is 2.24. The van der Waals surface area contributed by atoms with Gasteiger partial charge in [-0.25, -0.2) is 0 Å². The second-order valence-corrected chi connectivity index (χ2v) is 4.43. The van der Waals surface area contributed by atoms with Crippen LogP contribution in [0.25, 0.3) is 10.9 Å². The van der Waals surface area contributed by atoms with Crippen molar-refractivity contribution in [1.82, 2.24) is 4.57 Å². The van der Waals surface area contributed by atoms with Crippen molar-refractivity contribution in [2.45, 2.75) is 18.6 Å². The molecule has 0 fully saturated rings. The van der Waals surface area contributed by atoms with Gasteiger partial charge in [-0.3, -0.25) is 4.79 Å². The van der Waals surface area contributed by atoms with E-state index in [-0.39, 0.29) is 6.42 Å². The average Bonchev–Trinajstić information content (AvgIpc) is 2.69. The number of hydrogen-bond acceptors (Lipinski definition) is 3. The van der Waals surface area contributed by atoms with E-state index < -0.39 is 18.1 Å². The minimum absolute atomic E-state index is 0.256. The molecule has 1 amide bonds. The molecule has 2 aromatic rings. The Morgan fingerprint density at radius 2 is 2.11 bits per heavy atom. The number of fused-ring (bicyclic) bond motifs is 1. The van der Waals surface area contributed by atoms with Gasteiger partial charge in [0.2, 0.25) is 5.91 Å². The highest BCUT2D eigenvalue weighted by molar-refractivity contribution is 5.81. The standard InChI is InChI=1S/C13H16N2O3/c1-15-5-4-8-6-9(2-3-10(8)15)13(18)11(16)7-12(14)17/h2-6,11,13,16,18H,7H2,1H3,(H2,14,17). The Morgan fingerprint density at radius 1 is 1.39 bits per heavy atom. The predicted molar refractivity (Wildman–Crippen MR) is 67.7 cm³/mol. The molecule has 0 saturated heterocycles. The highest BCUT2D eigenvalue weighted by Gasteiger charge is 2.20. The molecule has 0 spiro atoms. The molecule has 1 aromatic heterocycles. The Labute approximate surface area is 104 Å². The molecule has 2 unspecified atom stereocenters. The lowest BCUT2D eigenvalue weighted by Gasteiger charge is -2.17. The fourth-order valence-electron chi connectivity index (χ4n) is 2.02. The molecule has 0 radical (unpaired) electrons. The summed E-state index contributed by atoms with van der Waals surface area (Å²) in [7, 11) is 1.93. The second kappa shape index (κ2) is 4.80. The molecule has 2 rings (SSSR count). The average molecular weight is 248 g/mol. The third-order valence-electron chi connectivity index (χ3n) is 3.03. The lowest BCUT2D eigenvalue weighted by molar-refractivity contribution is -0.121. The summed E-state index contributed by atoms with van der Waals surface area (Å²) in [5, 5.41) is 20.6. The van der Waals surface area contributed by atoms with Crippen molar-refractivity contribution in [3.63, 3.8) is 0 Å². The number of aryl methyl sites for hydroxylation is 1. The number of rotatable bonds is 4. The first-order valence-corrected chi connectivity index (χ1v) is 5.68. The van der Waals surface area contributed by atoms with E-state index >= 15 is 0 Å². The normalized spacial score (nSPS) is 14.6. The summed E-state index contributed by atoms with van der Waals surface area (Å²) in [5.41, 5.74) is 6.60. The van der Waals surface area contributed by atoms with Crippen LogP contribution in [-0.2, 0) is 11.8 Å². The van der Waals surface area contributed by atoms with Crippen molar-refractivity contribution in [1.29, 1.82) is 0 Å². The molecular weight excluding hydrogens is 232 g/mol. The maximum Gasteiger partial charge on any atom is 0.220 e. The first-order chi connectivity index (χ1) is 8.49.